The van der Waals surface area contributed by atoms with Crippen LogP contribution >= 0.6 is 0 Å². The van der Waals surface area contributed by atoms with Crippen LogP contribution in [0.1, 0.15) is 29.2 Å². The highest BCUT2D eigenvalue weighted by atomic mass is 16.5. The third kappa shape index (κ3) is 4.62. The molecular formula is C25H30N2O5. The quantitative estimate of drug-likeness (QED) is 0.387. The Morgan fingerprint density at radius 1 is 1.09 bits per heavy atom. The maximum Gasteiger partial charge on any atom is 0.295 e. The number of ketones is 1. The second-order valence-electron chi connectivity index (χ2n) is 8.13. The SMILES string of the molecule is COc1ccc(OC)c(/C(O)=C2\C(=O)C(=O)N(CCCN(C)C)C2c2cccc(C)c2)c1. The van der Waals surface area contributed by atoms with Crippen molar-refractivity contribution in [3.8, 4) is 11.5 Å². The molecule has 1 N–H and O–H groups in total. The predicted octanol–water partition coefficient (Wildman–Crippen LogP) is 3.39. The number of likely N-dealkylation sites (tertiary alicyclic amines) is 1. The van der Waals surface area contributed by atoms with Crippen LogP contribution in [0, 0.1) is 6.92 Å². The summed E-state index contributed by atoms with van der Waals surface area (Å²) in [4.78, 5) is 29.8. The van der Waals surface area contributed by atoms with Crippen molar-refractivity contribution in [2.24, 2.45) is 0 Å². The molecule has 1 heterocycles. The molecule has 1 aliphatic rings. The Labute approximate surface area is 188 Å². The highest BCUT2D eigenvalue weighted by Crippen LogP contribution is 2.41. The number of benzene rings is 2. The van der Waals surface area contributed by atoms with E-state index in [0.717, 1.165) is 17.7 Å². The second kappa shape index (κ2) is 9.87. The average Bonchev–Trinajstić information content (AvgIpc) is 3.03. The van der Waals surface area contributed by atoms with Gasteiger partial charge in [-0.3, -0.25) is 9.59 Å². The topological polar surface area (TPSA) is 79.3 Å². The molecule has 1 fully saturated rings. The summed E-state index contributed by atoms with van der Waals surface area (Å²) >= 11 is 0. The first-order valence-electron chi connectivity index (χ1n) is 10.5. The van der Waals surface area contributed by atoms with E-state index in [1.807, 2.05) is 50.2 Å². The number of hydrogen-bond donors (Lipinski definition) is 1. The maximum absolute atomic E-state index is 13.2. The number of carbonyl (C=O) groups is 2. The van der Waals surface area contributed by atoms with E-state index in [9.17, 15) is 14.7 Å². The number of ether oxygens (including phenoxy) is 2. The van der Waals surface area contributed by atoms with Crippen molar-refractivity contribution < 1.29 is 24.2 Å². The fourth-order valence-electron chi connectivity index (χ4n) is 4.00. The fourth-order valence-corrected chi connectivity index (χ4v) is 4.00. The molecule has 1 aliphatic heterocycles. The lowest BCUT2D eigenvalue weighted by atomic mass is 9.94. The van der Waals surface area contributed by atoms with E-state index in [0.29, 0.717) is 30.0 Å². The van der Waals surface area contributed by atoms with Gasteiger partial charge in [0.15, 0.2) is 0 Å². The van der Waals surface area contributed by atoms with E-state index >= 15 is 0 Å². The number of rotatable bonds is 8. The fraction of sp³-hybridized carbons (Fsp3) is 0.360. The molecule has 170 valence electrons. The molecule has 1 amide bonds. The molecule has 0 bridgehead atoms. The van der Waals surface area contributed by atoms with Crippen LogP contribution in [-0.2, 0) is 9.59 Å². The first kappa shape index (κ1) is 23.3. The number of hydrogen-bond acceptors (Lipinski definition) is 6. The summed E-state index contributed by atoms with van der Waals surface area (Å²) in [5.41, 5.74) is 2.13. The van der Waals surface area contributed by atoms with E-state index < -0.39 is 17.7 Å². The normalized spacial score (nSPS) is 17.8. The minimum Gasteiger partial charge on any atom is -0.507 e. The molecule has 0 aromatic heterocycles. The summed E-state index contributed by atoms with van der Waals surface area (Å²) in [5.74, 6) is -0.715. The molecule has 0 radical (unpaired) electrons. The molecule has 2 aromatic rings. The zero-order valence-electron chi connectivity index (χ0n) is 19.2. The Bertz CT molecular complexity index is 1040. The highest BCUT2D eigenvalue weighted by molar-refractivity contribution is 6.46. The number of aliphatic hydroxyl groups is 1. The standard InChI is InChI=1S/C25H30N2O5/c1-16-8-6-9-17(14-16)22-21(24(29)25(30)27(22)13-7-12-26(2)3)23(28)19-15-18(31-4)10-11-20(19)32-5/h6,8-11,14-15,22,28H,7,12-13H2,1-5H3/b23-21+. The van der Waals surface area contributed by atoms with Gasteiger partial charge in [0.1, 0.15) is 17.3 Å². The lowest BCUT2D eigenvalue weighted by molar-refractivity contribution is -0.139. The van der Waals surface area contributed by atoms with Gasteiger partial charge in [-0.2, -0.15) is 0 Å². The lowest BCUT2D eigenvalue weighted by Crippen LogP contribution is -2.32. The van der Waals surface area contributed by atoms with Crippen molar-refractivity contribution in [1.29, 1.82) is 0 Å². The minimum absolute atomic E-state index is 0.0528. The number of methoxy groups -OCH3 is 2. The molecule has 7 nitrogen and oxygen atoms in total. The molecule has 7 heteroatoms. The number of Topliss-reactive ketones (excluding diaryl/α,β-unsaturated/α-hetero) is 1. The zero-order chi connectivity index (χ0) is 23.4. The van der Waals surface area contributed by atoms with Crippen LogP contribution < -0.4 is 9.47 Å². The number of amides is 1. The number of nitrogens with zero attached hydrogens (tertiary/aromatic N) is 2. The summed E-state index contributed by atoms with van der Waals surface area (Å²) in [6.07, 6.45) is 0.699. The van der Waals surface area contributed by atoms with Crippen molar-refractivity contribution in [1.82, 2.24) is 9.80 Å². The van der Waals surface area contributed by atoms with Crippen LogP contribution in [0.3, 0.4) is 0 Å². The first-order chi connectivity index (χ1) is 15.3. The second-order valence-corrected chi connectivity index (χ2v) is 8.13. The largest absolute Gasteiger partial charge is 0.507 e. The summed E-state index contributed by atoms with van der Waals surface area (Å²) in [6, 6.07) is 11.9. The van der Waals surface area contributed by atoms with Crippen molar-refractivity contribution in [3.05, 3.63) is 64.7 Å². The predicted molar refractivity (Wildman–Crippen MR) is 123 cm³/mol. The molecular weight excluding hydrogens is 408 g/mol. The molecule has 1 saturated heterocycles. The maximum atomic E-state index is 13.2. The Kier molecular flexibility index (Phi) is 7.20. The van der Waals surface area contributed by atoms with Crippen LogP contribution in [0.15, 0.2) is 48.0 Å². The van der Waals surface area contributed by atoms with Gasteiger partial charge in [0.25, 0.3) is 11.7 Å². The van der Waals surface area contributed by atoms with Gasteiger partial charge in [0, 0.05) is 6.54 Å². The van der Waals surface area contributed by atoms with Crippen molar-refractivity contribution in [2.75, 3.05) is 41.4 Å². The molecule has 3 rings (SSSR count). The van der Waals surface area contributed by atoms with Crippen LogP contribution in [0.25, 0.3) is 5.76 Å². The van der Waals surface area contributed by atoms with Crippen LogP contribution in [0.5, 0.6) is 11.5 Å². The summed E-state index contributed by atoms with van der Waals surface area (Å²) < 4.78 is 10.7. The van der Waals surface area contributed by atoms with Crippen LogP contribution in [-0.4, -0.2) is 68.0 Å². The summed E-state index contributed by atoms with van der Waals surface area (Å²) in [7, 11) is 6.92. The smallest absolute Gasteiger partial charge is 0.295 e. The molecule has 32 heavy (non-hydrogen) atoms. The number of carbonyl (C=O) groups excluding carboxylic acids is 2. The van der Waals surface area contributed by atoms with Crippen molar-refractivity contribution in [2.45, 2.75) is 19.4 Å². The van der Waals surface area contributed by atoms with E-state index in [1.165, 1.54) is 14.2 Å². The van der Waals surface area contributed by atoms with Crippen molar-refractivity contribution >= 4 is 17.4 Å². The Morgan fingerprint density at radius 3 is 2.47 bits per heavy atom. The van der Waals surface area contributed by atoms with Crippen molar-refractivity contribution in [3.63, 3.8) is 0 Å². The van der Waals surface area contributed by atoms with Gasteiger partial charge in [0.05, 0.1) is 31.4 Å². The third-order valence-corrected chi connectivity index (χ3v) is 5.56. The Morgan fingerprint density at radius 2 is 1.84 bits per heavy atom. The van der Waals surface area contributed by atoms with Gasteiger partial charge < -0.3 is 24.4 Å². The van der Waals surface area contributed by atoms with E-state index in [2.05, 4.69) is 0 Å². The highest BCUT2D eigenvalue weighted by Gasteiger charge is 2.46. The van der Waals surface area contributed by atoms with Gasteiger partial charge >= 0.3 is 0 Å². The summed E-state index contributed by atoms with van der Waals surface area (Å²) in [6.45, 7) is 3.12. The Hall–Kier alpha value is -3.32. The number of aliphatic hydroxyl groups excluding tert-OH is 1. The molecule has 2 aromatic carbocycles. The molecule has 1 atom stereocenters. The molecule has 0 aliphatic carbocycles. The zero-order valence-corrected chi connectivity index (χ0v) is 19.2. The molecule has 1 unspecified atom stereocenters. The van der Waals surface area contributed by atoms with Gasteiger partial charge in [-0.25, -0.2) is 0 Å². The van der Waals surface area contributed by atoms with Gasteiger partial charge in [-0.1, -0.05) is 29.8 Å². The number of aryl methyl sites for hydroxylation is 1. The van der Waals surface area contributed by atoms with Crippen LogP contribution in [0.2, 0.25) is 0 Å². The van der Waals surface area contributed by atoms with Gasteiger partial charge in [-0.05, 0) is 57.7 Å². The van der Waals surface area contributed by atoms with Crippen LogP contribution in [0.4, 0.5) is 0 Å². The van der Waals surface area contributed by atoms with Gasteiger partial charge in [-0.15, -0.1) is 0 Å². The average molecular weight is 439 g/mol. The Balaban J connectivity index is 2.17. The molecule has 0 saturated carbocycles. The van der Waals surface area contributed by atoms with Gasteiger partial charge in [0.2, 0.25) is 0 Å². The first-order valence-corrected chi connectivity index (χ1v) is 10.5. The third-order valence-electron chi connectivity index (χ3n) is 5.56. The molecule has 0 spiro atoms. The van der Waals surface area contributed by atoms with E-state index in [-0.39, 0.29) is 11.3 Å². The van der Waals surface area contributed by atoms with E-state index in [1.54, 1.807) is 23.1 Å². The van der Waals surface area contributed by atoms with E-state index in [4.69, 9.17) is 9.47 Å². The lowest BCUT2D eigenvalue weighted by Gasteiger charge is -2.26. The minimum atomic E-state index is -0.705. The summed E-state index contributed by atoms with van der Waals surface area (Å²) in [5, 5.41) is 11.3. The monoisotopic (exact) mass is 438 g/mol.